The number of carbonyl (C=O) groups excluding carboxylic acids is 3. The Morgan fingerprint density at radius 2 is 1.79 bits per heavy atom. The maximum Gasteiger partial charge on any atom is 0.255 e. The van der Waals surface area contributed by atoms with Gasteiger partial charge in [0.2, 0.25) is 11.8 Å². The molecule has 0 radical (unpaired) electrons. The van der Waals surface area contributed by atoms with Gasteiger partial charge in [0.15, 0.2) is 0 Å². The molecule has 1 atom stereocenters. The Bertz CT molecular complexity index is 814. The van der Waals surface area contributed by atoms with Crippen molar-refractivity contribution in [2.75, 3.05) is 19.6 Å². The minimum atomic E-state index is -0.311. The number of benzene rings is 1. The third kappa shape index (κ3) is 5.04. The molecule has 1 aromatic carbocycles. The van der Waals surface area contributed by atoms with Crippen LogP contribution in [0.1, 0.15) is 50.4 Å². The summed E-state index contributed by atoms with van der Waals surface area (Å²) in [5, 5.41) is 3.90. The number of amides is 3. The number of hydrogen-bond donors (Lipinski definition) is 1. The molecular formula is C21H27Cl2N3O3. The second kappa shape index (κ2) is 8.52. The first-order chi connectivity index (χ1) is 13.6. The third-order valence-corrected chi connectivity index (χ3v) is 6.14. The largest absolute Gasteiger partial charge is 0.353 e. The molecule has 1 N–H and O–H groups in total. The van der Waals surface area contributed by atoms with Crippen LogP contribution in [0.3, 0.4) is 0 Å². The van der Waals surface area contributed by atoms with Gasteiger partial charge in [0.1, 0.15) is 0 Å². The van der Waals surface area contributed by atoms with Crippen molar-refractivity contribution in [3.8, 4) is 0 Å². The summed E-state index contributed by atoms with van der Waals surface area (Å²) >= 11 is 12.0. The molecule has 3 rings (SSSR count). The lowest BCUT2D eigenvalue weighted by Crippen LogP contribution is -2.48. The zero-order chi connectivity index (χ0) is 21.3. The SMILES string of the molecule is CC(C)(C)N1CC(C(=O)NC2CCN(C(=O)c3ccc(Cl)cc3Cl)CC2)CC1=O. The van der Waals surface area contributed by atoms with Crippen LogP contribution in [-0.2, 0) is 9.59 Å². The molecule has 2 aliphatic rings. The minimum Gasteiger partial charge on any atom is -0.353 e. The van der Waals surface area contributed by atoms with Crippen LogP contribution in [0.5, 0.6) is 0 Å². The number of carbonyl (C=O) groups is 3. The summed E-state index contributed by atoms with van der Waals surface area (Å²) in [6.07, 6.45) is 1.61. The molecule has 2 fully saturated rings. The smallest absolute Gasteiger partial charge is 0.255 e. The molecule has 0 aromatic heterocycles. The first kappa shape index (κ1) is 21.9. The summed E-state index contributed by atoms with van der Waals surface area (Å²) < 4.78 is 0. The average molecular weight is 440 g/mol. The van der Waals surface area contributed by atoms with Crippen molar-refractivity contribution in [2.45, 2.75) is 51.6 Å². The summed E-state index contributed by atoms with van der Waals surface area (Å²) in [5.74, 6) is -0.485. The molecule has 0 spiro atoms. The van der Waals surface area contributed by atoms with Crippen LogP contribution >= 0.6 is 23.2 Å². The molecule has 2 aliphatic heterocycles. The highest BCUT2D eigenvalue weighted by Gasteiger charge is 2.40. The molecule has 0 saturated carbocycles. The first-order valence-electron chi connectivity index (χ1n) is 9.91. The summed E-state index contributed by atoms with van der Waals surface area (Å²) in [5.41, 5.74) is 0.158. The predicted octanol–water partition coefficient (Wildman–Crippen LogP) is 3.36. The van der Waals surface area contributed by atoms with E-state index in [9.17, 15) is 14.4 Å². The van der Waals surface area contributed by atoms with Gasteiger partial charge in [-0.25, -0.2) is 0 Å². The molecule has 8 heteroatoms. The molecule has 158 valence electrons. The predicted molar refractivity (Wildman–Crippen MR) is 113 cm³/mol. The van der Waals surface area contributed by atoms with Gasteiger partial charge in [-0.2, -0.15) is 0 Å². The van der Waals surface area contributed by atoms with E-state index in [-0.39, 0.29) is 41.6 Å². The van der Waals surface area contributed by atoms with Crippen LogP contribution in [0.4, 0.5) is 0 Å². The highest BCUT2D eigenvalue weighted by atomic mass is 35.5. The second-order valence-electron chi connectivity index (χ2n) is 8.78. The van der Waals surface area contributed by atoms with E-state index in [1.54, 1.807) is 28.0 Å². The van der Waals surface area contributed by atoms with E-state index in [0.29, 0.717) is 48.1 Å². The van der Waals surface area contributed by atoms with Crippen molar-refractivity contribution in [3.63, 3.8) is 0 Å². The maximum absolute atomic E-state index is 12.7. The molecule has 1 aromatic rings. The summed E-state index contributed by atoms with van der Waals surface area (Å²) in [6.45, 7) is 7.47. The average Bonchev–Trinajstić information content (AvgIpc) is 3.04. The molecule has 0 aliphatic carbocycles. The Morgan fingerprint density at radius 1 is 1.14 bits per heavy atom. The number of nitrogens with one attached hydrogen (secondary N) is 1. The van der Waals surface area contributed by atoms with Crippen LogP contribution < -0.4 is 5.32 Å². The van der Waals surface area contributed by atoms with Crippen LogP contribution in [-0.4, -0.2) is 58.7 Å². The maximum atomic E-state index is 12.7. The fourth-order valence-corrected chi connectivity index (χ4v) is 4.40. The van der Waals surface area contributed by atoms with Gasteiger partial charge < -0.3 is 15.1 Å². The Kier molecular flexibility index (Phi) is 6.44. The van der Waals surface area contributed by atoms with Crippen molar-refractivity contribution in [1.82, 2.24) is 15.1 Å². The quantitative estimate of drug-likeness (QED) is 0.784. The number of hydrogen-bond acceptors (Lipinski definition) is 3. The zero-order valence-corrected chi connectivity index (χ0v) is 18.5. The van der Waals surface area contributed by atoms with Crippen LogP contribution in [0.2, 0.25) is 10.0 Å². The number of halogens is 2. The highest BCUT2D eigenvalue weighted by molar-refractivity contribution is 6.36. The van der Waals surface area contributed by atoms with E-state index in [4.69, 9.17) is 23.2 Å². The van der Waals surface area contributed by atoms with E-state index < -0.39 is 0 Å². The molecule has 0 bridgehead atoms. The molecule has 29 heavy (non-hydrogen) atoms. The van der Waals surface area contributed by atoms with E-state index in [1.165, 1.54) is 0 Å². The van der Waals surface area contributed by atoms with Gasteiger partial charge in [-0.15, -0.1) is 0 Å². The number of piperidine rings is 1. The lowest BCUT2D eigenvalue weighted by atomic mass is 10.0. The van der Waals surface area contributed by atoms with Crippen molar-refractivity contribution in [1.29, 1.82) is 0 Å². The Hall–Kier alpha value is -1.79. The van der Waals surface area contributed by atoms with E-state index in [2.05, 4.69) is 5.32 Å². The Morgan fingerprint density at radius 3 is 2.34 bits per heavy atom. The van der Waals surface area contributed by atoms with E-state index in [1.807, 2.05) is 20.8 Å². The van der Waals surface area contributed by atoms with Gasteiger partial charge in [0, 0.05) is 42.7 Å². The van der Waals surface area contributed by atoms with Gasteiger partial charge in [0.05, 0.1) is 16.5 Å². The van der Waals surface area contributed by atoms with Gasteiger partial charge in [-0.05, 0) is 51.8 Å². The monoisotopic (exact) mass is 439 g/mol. The summed E-state index contributed by atoms with van der Waals surface area (Å²) in [4.78, 5) is 41.1. The topological polar surface area (TPSA) is 69.7 Å². The molecule has 2 heterocycles. The molecule has 2 saturated heterocycles. The molecule has 1 unspecified atom stereocenters. The fourth-order valence-electron chi connectivity index (χ4n) is 3.91. The van der Waals surface area contributed by atoms with Gasteiger partial charge >= 0.3 is 0 Å². The van der Waals surface area contributed by atoms with Crippen molar-refractivity contribution >= 4 is 40.9 Å². The standard InChI is InChI=1S/C21H27Cl2N3O3/c1-21(2,3)26-12-13(10-18(26)27)19(28)24-15-6-8-25(9-7-15)20(29)16-5-4-14(22)11-17(16)23/h4-5,11,13,15H,6-10,12H2,1-3H3,(H,24,28). The van der Waals surface area contributed by atoms with Gasteiger partial charge in [-0.3, -0.25) is 14.4 Å². The lowest BCUT2D eigenvalue weighted by Gasteiger charge is -2.33. The third-order valence-electron chi connectivity index (χ3n) is 5.60. The number of rotatable bonds is 3. The second-order valence-corrected chi connectivity index (χ2v) is 9.62. The molecule has 6 nitrogen and oxygen atoms in total. The van der Waals surface area contributed by atoms with Crippen LogP contribution in [0, 0.1) is 5.92 Å². The summed E-state index contributed by atoms with van der Waals surface area (Å²) in [6, 6.07) is 4.86. The van der Waals surface area contributed by atoms with E-state index >= 15 is 0 Å². The van der Waals surface area contributed by atoms with Gasteiger partial charge in [-0.1, -0.05) is 23.2 Å². The Labute approximate surface area is 181 Å². The fraction of sp³-hybridized carbons (Fsp3) is 0.571. The summed E-state index contributed by atoms with van der Waals surface area (Å²) in [7, 11) is 0. The molecule has 3 amide bonds. The highest BCUT2D eigenvalue weighted by Crippen LogP contribution is 2.27. The number of nitrogens with zero attached hydrogens (tertiary/aromatic N) is 2. The van der Waals surface area contributed by atoms with Crippen LogP contribution in [0.25, 0.3) is 0 Å². The van der Waals surface area contributed by atoms with Crippen molar-refractivity contribution in [2.24, 2.45) is 5.92 Å². The van der Waals surface area contributed by atoms with Crippen molar-refractivity contribution in [3.05, 3.63) is 33.8 Å². The first-order valence-corrected chi connectivity index (χ1v) is 10.7. The van der Waals surface area contributed by atoms with Crippen LogP contribution in [0.15, 0.2) is 18.2 Å². The Balaban J connectivity index is 1.52. The normalized spacial score (nSPS) is 20.9. The van der Waals surface area contributed by atoms with E-state index in [0.717, 1.165) is 0 Å². The molecular weight excluding hydrogens is 413 g/mol. The number of likely N-dealkylation sites (tertiary alicyclic amines) is 2. The lowest BCUT2D eigenvalue weighted by molar-refractivity contribution is -0.132. The van der Waals surface area contributed by atoms with Gasteiger partial charge in [0.25, 0.3) is 5.91 Å². The zero-order valence-electron chi connectivity index (χ0n) is 17.0. The minimum absolute atomic E-state index is 0.00558. The van der Waals surface area contributed by atoms with Crippen molar-refractivity contribution < 1.29 is 14.4 Å².